The van der Waals surface area contributed by atoms with Crippen LogP contribution in [-0.2, 0) is 4.79 Å². The van der Waals surface area contributed by atoms with Crippen LogP contribution < -0.4 is 16.0 Å². The van der Waals surface area contributed by atoms with E-state index in [0.29, 0.717) is 17.2 Å². The minimum atomic E-state index is -0.587. The van der Waals surface area contributed by atoms with Gasteiger partial charge in [0.05, 0.1) is 17.4 Å². The number of hydrogen-bond acceptors (Lipinski definition) is 4. The Kier molecular flexibility index (Phi) is 5.41. The molecule has 0 spiro atoms. The molecule has 0 fully saturated rings. The number of carbonyl (C=O) groups excluding carboxylic acids is 2. The van der Waals surface area contributed by atoms with Crippen LogP contribution in [0.1, 0.15) is 17.3 Å². The van der Waals surface area contributed by atoms with Crippen molar-refractivity contribution in [1.82, 2.24) is 4.98 Å². The van der Waals surface area contributed by atoms with E-state index in [-0.39, 0.29) is 11.5 Å². The van der Waals surface area contributed by atoms with Crippen molar-refractivity contribution in [1.29, 1.82) is 0 Å². The molecule has 0 atom stereocenters. The van der Waals surface area contributed by atoms with Gasteiger partial charge in [-0.1, -0.05) is 12.1 Å². The Labute approximate surface area is 155 Å². The van der Waals surface area contributed by atoms with Crippen molar-refractivity contribution in [3.8, 4) is 0 Å². The lowest BCUT2D eigenvalue weighted by atomic mass is 10.2. The van der Waals surface area contributed by atoms with Gasteiger partial charge < -0.3 is 16.0 Å². The maximum atomic E-state index is 13.6. The van der Waals surface area contributed by atoms with E-state index in [0.717, 1.165) is 5.69 Å². The first-order valence-electron chi connectivity index (χ1n) is 8.18. The maximum Gasteiger partial charge on any atom is 0.259 e. The van der Waals surface area contributed by atoms with Gasteiger partial charge in [-0.05, 0) is 48.5 Å². The van der Waals surface area contributed by atoms with Crippen LogP contribution in [0.3, 0.4) is 0 Å². The van der Waals surface area contributed by atoms with Crippen LogP contribution in [0.5, 0.6) is 0 Å². The lowest BCUT2D eigenvalue weighted by Gasteiger charge is -2.09. The van der Waals surface area contributed by atoms with Gasteiger partial charge in [-0.25, -0.2) is 9.37 Å². The second kappa shape index (κ2) is 8.09. The van der Waals surface area contributed by atoms with E-state index in [1.165, 1.54) is 25.1 Å². The van der Waals surface area contributed by atoms with Gasteiger partial charge >= 0.3 is 0 Å². The van der Waals surface area contributed by atoms with Gasteiger partial charge in [-0.15, -0.1) is 0 Å². The van der Waals surface area contributed by atoms with Crippen LogP contribution in [0.2, 0.25) is 0 Å². The van der Waals surface area contributed by atoms with Gasteiger partial charge in [0.25, 0.3) is 5.91 Å². The first-order valence-corrected chi connectivity index (χ1v) is 8.18. The summed E-state index contributed by atoms with van der Waals surface area (Å²) in [6.45, 7) is 1.45. The molecule has 136 valence electrons. The lowest BCUT2D eigenvalue weighted by molar-refractivity contribution is -0.114. The zero-order valence-corrected chi connectivity index (χ0v) is 14.5. The smallest absolute Gasteiger partial charge is 0.259 e. The number of benzene rings is 2. The van der Waals surface area contributed by atoms with Crippen LogP contribution in [-0.4, -0.2) is 16.8 Å². The van der Waals surface area contributed by atoms with E-state index in [4.69, 9.17) is 0 Å². The fraction of sp³-hybridized carbons (Fsp3) is 0.0500. The molecule has 27 heavy (non-hydrogen) atoms. The first-order chi connectivity index (χ1) is 13.0. The van der Waals surface area contributed by atoms with E-state index in [1.54, 1.807) is 36.5 Å². The molecule has 7 heteroatoms. The summed E-state index contributed by atoms with van der Waals surface area (Å²) in [5, 5.41) is 8.41. The summed E-state index contributed by atoms with van der Waals surface area (Å²) >= 11 is 0. The minimum Gasteiger partial charge on any atom is -0.354 e. The number of nitrogens with zero attached hydrogens (tertiary/aromatic N) is 1. The summed E-state index contributed by atoms with van der Waals surface area (Å²) in [6, 6.07) is 16.3. The molecule has 0 aliphatic heterocycles. The van der Waals surface area contributed by atoms with E-state index in [9.17, 15) is 14.0 Å². The van der Waals surface area contributed by atoms with E-state index in [1.807, 2.05) is 12.1 Å². The molecule has 3 aromatic rings. The molecule has 1 aromatic heterocycles. The SMILES string of the molecule is CC(=O)Nc1ccc(Nc2ccc(NC(=O)c3ccccc3F)nc2)cc1. The Morgan fingerprint density at radius 1 is 0.852 bits per heavy atom. The highest BCUT2D eigenvalue weighted by Crippen LogP contribution is 2.19. The average Bonchev–Trinajstić information content (AvgIpc) is 2.65. The second-order valence-electron chi connectivity index (χ2n) is 5.75. The highest BCUT2D eigenvalue weighted by atomic mass is 19.1. The zero-order chi connectivity index (χ0) is 19.2. The third kappa shape index (κ3) is 4.88. The monoisotopic (exact) mass is 364 g/mol. The van der Waals surface area contributed by atoms with Crippen LogP contribution >= 0.6 is 0 Å². The summed E-state index contributed by atoms with van der Waals surface area (Å²) in [4.78, 5) is 27.3. The zero-order valence-electron chi connectivity index (χ0n) is 14.5. The first kappa shape index (κ1) is 18.1. The number of carbonyl (C=O) groups is 2. The molecule has 0 bridgehead atoms. The van der Waals surface area contributed by atoms with Gasteiger partial charge in [-0.2, -0.15) is 0 Å². The molecule has 0 unspecified atom stereocenters. The standard InChI is InChI=1S/C20H17FN4O2/c1-13(26)23-14-6-8-15(9-7-14)24-16-10-11-19(22-12-16)25-20(27)17-4-2-3-5-18(17)21/h2-12,24H,1H3,(H,23,26)(H,22,25,27). The van der Waals surface area contributed by atoms with E-state index in [2.05, 4.69) is 20.9 Å². The van der Waals surface area contributed by atoms with Crippen molar-refractivity contribution in [3.05, 3.63) is 78.2 Å². The molecule has 0 saturated heterocycles. The van der Waals surface area contributed by atoms with Gasteiger partial charge in [-0.3, -0.25) is 9.59 Å². The molecule has 0 aliphatic rings. The topological polar surface area (TPSA) is 83.1 Å². The Morgan fingerprint density at radius 2 is 1.52 bits per heavy atom. The van der Waals surface area contributed by atoms with Gasteiger partial charge in [0.1, 0.15) is 11.6 Å². The third-order valence-electron chi connectivity index (χ3n) is 3.62. The highest BCUT2D eigenvalue weighted by molar-refractivity contribution is 6.04. The molecule has 0 saturated carbocycles. The number of nitrogens with one attached hydrogen (secondary N) is 3. The normalized spacial score (nSPS) is 10.1. The Bertz CT molecular complexity index is 956. The minimum absolute atomic E-state index is 0.0410. The molecule has 0 aliphatic carbocycles. The fourth-order valence-electron chi connectivity index (χ4n) is 2.38. The van der Waals surface area contributed by atoms with E-state index < -0.39 is 11.7 Å². The van der Waals surface area contributed by atoms with Crippen molar-refractivity contribution < 1.29 is 14.0 Å². The highest BCUT2D eigenvalue weighted by Gasteiger charge is 2.11. The summed E-state index contributed by atoms with van der Waals surface area (Å²) in [5.41, 5.74) is 2.19. The molecule has 0 radical (unpaired) electrons. The van der Waals surface area contributed by atoms with Crippen LogP contribution in [0.15, 0.2) is 66.9 Å². The second-order valence-corrected chi connectivity index (χ2v) is 5.75. The fourth-order valence-corrected chi connectivity index (χ4v) is 2.38. The predicted octanol–water partition coefficient (Wildman–Crippen LogP) is 4.18. The van der Waals surface area contributed by atoms with Crippen molar-refractivity contribution in [2.75, 3.05) is 16.0 Å². The summed E-state index contributed by atoms with van der Waals surface area (Å²) in [7, 11) is 0. The molecular formula is C20H17FN4O2. The molecule has 2 aromatic carbocycles. The molecule has 6 nitrogen and oxygen atoms in total. The molecule has 2 amide bonds. The molecule has 3 rings (SSSR count). The van der Waals surface area contributed by atoms with Crippen molar-refractivity contribution >= 4 is 34.7 Å². The summed E-state index contributed by atoms with van der Waals surface area (Å²) in [5.74, 6) is -0.964. The van der Waals surface area contributed by atoms with Crippen molar-refractivity contribution in [2.24, 2.45) is 0 Å². The molecule has 3 N–H and O–H groups in total. The number of aromatic nitrogens is 1. The Balaban J connectivity index is 1.62. The van der Waals surface area contributed by atoms with Crippen molar-refractivity contribution in [3.63, 3.8) is 0 Å². The van der Waals surface area contributed by atoms with E-state index >= 15 is 0 Å². The Hall–Kier alpha value is -3.74. The number of hydrogen-bond donors (Lipinski definition) is 3. The predicted molar refractivity (Wildman–Crippen MR) is 103 cm³/mol. The van der Waals surface area contributed by atoms with Gasteiger partial charge in [0.2, 0.25) is 5.91 Å². The van der Waals surface area contributed by atoms with Crippen LogP contribution in [0.4, 0.5) is 27.3 Å². The largest absolute Gasteiger partial charge is 0.354 e. The summed E-state index contributed by atoms with van der Waals surface area (Å²) < 4.78 is 13.6. The number of rotatable bonds is 5. The summed E-state index contributed by atoms with van der Waals surface area (Å²) in [6.07, 6.45) is 1.55. The number of halogens is 1. The quantitative estimate of drug-likeness (QED) is 0.634. The van der Waals surface area contributed by atoms with Crippen molar-refractivity contribution in [2.45, 2.75) is 6.92 Å². The van der Waals surface area contributed by atoms with Gasteiger partial charge in [0, 0.05) is 18.3 Å². The van der Waals surface area contributed by atoms with Crippen LogP contribution in [0, 0.1) is 5.82 Å². The number of pyridine rings is 1. The number of amides is 2. The average molecular weight is 364 g/mol. The maximum absolute atomic E-state index is 13.6. The Morgan fingerprint density at radius 3 is 2.15 bits per heavy atom. The molecular weight excluding hydrogens is 347 g/mol. The van der Waals surface area contributed by atoms with Crippen LogP contribution in [0.25, 0.3) is 0 Å². The van der Waals surface area contributed by atoms with Gasteiger partial charge in [0.15, 0.2) is 0 Å². The lowest BCUT2D eigenvalue weighted by Crippen LogP contribution is -2.14. The number of anilines is 4. The molecule has 1 heterocycles. The third-order valence-corrected chi connectivity index (χ3v) is 3.62.